The Balaban J connectivity index is 2.07. The number of anilines is 2. The van der Waals surface area contributed by atoms with Gasteiger partial charge in [-0.05, 0) is 12.1 Å². The minimum absolute atomic E-state index is 0.0258. The first-order chi connectivity index (χ1) is 13.9. The van der Waals surface area contributed by atoms with E-state index in [4.69, 9.17) is 45.9 Å². The summed E-state index contributed by atoms with van der Waals surface area (Å²) in [5.41, 5.74) is 6.47. The van der Waals surface area contributed by atoms with Crippen molar-refractivity contribution in [2.45, 2.75) is 10.2 Å². The fraction of sp³-hybridized carbons (Fsp3) is 0.294. The van der Waals surface area contributed by atoms with E-state index in [1.165, 1.54) is 22.9 Å². The Bertz CT molecular complexity index is 991. The van der Waals surface area contributed by atoms with E-state index in [1.54, 1.807) is 24.9 Å². The third-order valence-electron chi connectivity index (χ3n) is 3.93. The number of aryl methyl sites for hydroxylation is 2. The number of alkyl halides is 3. The van der Waals surface area contributed by atoms with Crippen molar-refractivity contribution in [1.82, 2.24) is 14.5 Å². The Labute approximate surface area is 187 Å². The quantitative estimate of drug-likeness (QED) is 0.236. The average Bonchev–Trinajstić information content (AvgIpc) is 3.15. The number of amidine groups is 1. The molecule has 3 amide bonds. The third kappa shape index (κ3) is 6.15. The van der Waals surface area contributed by atoms with Crippen molar-refractivity contribution in [3.8, 4) is 0 Å². The zero-order chi connectivity index (χ0) is 22.6. The van der Waals surface area contributed by atoms with Crippen LogP contribution < -0.4 is 21.7 Å². The SMILES string of the molecule is Cn1cc(NC(=O)c2cc(NC(=O)C(Cl)(Cl)Cl)cn2C)cc1C(=O)NCCC(=N)N. The predicted octanol–water partition coefficient (Wildman–Crippen LogP) is 1.98. The summed E-state index contributed by atoms with van der Waals surface area (Å²) in [5.74, 6) is -1.72. The zero-order valence-electron chi connectivity index (χ0n) is 16.1. The largest absolute Gasteiger partial charge is 0.388 e. The first-order valence-corrected chi connectivity index (χ1v) is 9.65. The smallest absolute Gasteiger partial charge is 0.276 e. The molecule has 0 aliphatic heterocycles. The van der Waals surface area contributed by atoms with Crippen LogP contribution in [0.1, 0.15) is 27.4 Å². The lowest BCUT2D eigenvalue weighted by Crippen LogP contribution is -2.28. The topological polar surface area (TPSA) is 147 Å². The number of rotatable bonds is 7. The highest BCUT2D eigenvalue weighted by Gasteiger charge is 2.31. The first kappa shape index (κ1) is 23.6. The molecule has 0 aromatic carbocycles. The van der Waals surface area contributed by atoms with Crippen LogP contribution in [0, 0.1) is 5.41 Å². The number of nitrogens with two attached hydrogens (primary N) is 1. The van der Waals surface area contributed by atoms with Gasteiger partial charge in [-0.15, -0.1) is 0 Å². The Kier molecular flexibility index (Phi) is 7.40. The minimum atomic E-state index is -2.14. The number of halogens is 3. The molecule has 6 N–H and O–H groups in total. The summed E-state index contributed by atoms with van der Waals surface area (Å²) < 4.78 is 0.904. The van der Waals surface area contributed by atoms with Gasteiger partial charge in [0.2, 0.25) is 0 Å². The molecule has 0 bridgehead atoms. The summed E-state index contributed by atoms with van der Waals surface area (Å²) in [4.78, 5) is 36.6. The normalized spacial score (nSPS) is 11.1. The Morgan fingerprint density at radius 3 is 2.00 bits per heavy atom. The molecule has 30 heavy (non-hydrogen) atoms. The molecule has 0 unspecified atom stereocenters. The summed E-state index contributed by atoms with van der Waals surface area (Å²) in [6, 6.07) is 2.93. The molecular formula is C17H20Cl3N7O3. The molecule has 2 rings (SSSR count). The van der Waals surface area contributed by atoms with Gasteiger partial charge in [-0.2, -0.15) is 0 Å². The first-order valence-electron chi connectivity index (χ1n) is 8.52. The molecule has 2 heterocycles. The highest BCUT2D eigenvalue weighted by Crippen LogP contribution is 2.28. The summed E-state index contributed by atoms with van der Waals surface area (Å²) in [7, 11) is 3.27. The van der Waals surface area contributed by atoms with Crippen molar-refractivity contribution in [2.24, 2.45) is 19.8 Å². The second-order valence-electron chi connectivity index (χ2n) is 6.39. The van der Waals surface area contributed by atoms with Crippen LogP contribution in [0.3, 0.4) is 0 Å². The number of hydrogen-bond acceptors (Lipinski definition) is 4. The van der Waals surface area contributed by atoms with E-state index in [0.717, 1.165) is 0 Å². The molecule has 0 aliphatic rings. The molecule has 0 saturated heterocycles. The van der Waals surface area contributed by atoms with Gasteiger partial charge in [0.15, 0.2) is 0 Å². The molecule has 13 heteroatoms. The maximum Gasteiger partial charge on any atom is 0.276 e. The Morgan fingerprint density at radius 1 is 1.00 bits per heavy atom. The highest BCUT2D eigenvalue weighted by molar-refractivity contribution is 6.76. The summed E-state index contributed by atoms with van der Waals surface area (Å²) in [6.45, 7) is 0.229. The van der Waals surface area contributed by atoms with Crippen LogP contribution in [-0.4, -0.2) is 43.0 Å². The lowest BCUT2D eigenvalue weighted by atomic mass is 10.3. The van der Waals surface area contributed by atoms with Gasteiger partial charge in [0.05, 0.1) is 17.2 Å². The molecule has 0 saturated carbocycles. The van der Waals surface area contributed by atoms with Crippen LogP contribution in [0.15, 0.2) is 24.5 Å². The van der Waals surface area contributed by atoms with Crippen molar-refractivity contribution in [1.29, 1.82) is 5.41 Å². The molecule has 2 aromatic rings. The van der Waals surface area contributed by atoms with Crippen LogP contribution in [-0.2, 0) is 18.9 Å². The van der Waals surface area contributed by atoms with Crippen LogP contribution in [0.2, 0.25) is 0 Å². The molecule has 0 spiro atoms. The van der Waals surface area contributed by atoms with Crippen LogP contribution >= 0.6 is 34.8 Å². The Hall–Kier alpha value is -2.69. The monoisotopic (exact) mass is 475 g/mol. The van der Waals surface area contributed by atoms with Crippen molar-refractivity contribution >= 4 is 69.7 Å². The van der Waals surface area contributed by atoms with E-state index in [1.807, 2.05) is 0 Å². The molecular weight excluding hydrogens is 457 g/mol. The van der Waals surface area contributed by atoms with Gasteiger partial charge in [-0.25, -0.2) is 0 Å². The zero-order valence-corrected chi connectivity index (χ0v) is 18.3. The maximum atomic E-state index is 12.6. The molecule has 0 radical (unpaired) electrons. The second kappa shape index (κ2) is 9.41. The van der Waals surface area contributed by atoms with Gasteiger partial charge >= 0.3 is 0 Å². The van der Waals surface area contributed by atoms with Gasteiger partial charge < -0.3 is 30.8 Å². The fourth-order valence-corrected chi connectivity index (χ4v) is 2.66. The number of aromatic nitrogens is 2. The number of nitrogens with one attached hydrogen (secondary N) is 4. The van der Waals surface area contributed by atoms with E-state index in [2.05, 4.69) is 16.0 Å². The van der Waals surface area contributed by atoms with E-state index in [0.29, 0.717) is 11.4 Å². The van der Waals surface area contributed by atoms with Crippen LogP contribution in [0.4, 0.5) is 11.4 Å². The van der Waals surface area contributed by atoms with Gasteiger partial charge in [-0.1, -0.05) is 34.8 Å². The lowest BCUT2D eigenvalue weighted by Gasteiger charge is -2.09. The van der Waals surface area contributed by atoms with Gasteiger partial charge in [0.1, 0.15) is 11.4 Å². The Morgan fingerprint density at radius 2 is 1.50 bits per heavy atom. The third-order valence-corrected chi connectivity index (χ3v) is 4.44. The van der Waals surface area contributed by atoms with Gasteiger partial charge in [-0.3, -0.25) is 19.8 Å². The summed E-state index contributed by atoms with van der Waals surface area (Å²) >= 11 is 16.6. The van der Waals surface area contributed by atoms with Crippen LogP contribution in [0.25, 0.3) is 0 Å². The van der Waals surface area contributed by atoms with Crippen molar-refractivity contribution in [3.05, 3.63) is 35.9 Å². The number of carbonyl (C=O) groups is 3. The fourth-order valence-electron chi connectivity index (χ4n) is 2.52. The molecule has 0 aliphatic carbocycles. The standard InChI is InChI=1S/C17H20Cl3N7O3/c1-26-7-9(5-11(26)14(28)23-4-3-13(21)22)24-15(29)12-6-10(8-27(12)2)25-16(30)17(18,19)20/h5-8H,3-4H2,1-2H3,(H3,21,22)(H,23,28)(H,24,29)(H,25,30). The molecule has 0 atom stereocenters. The number of carbonyl (C=O) groups excluding carboxylic acids is 3. The number of amides is 3. The highest BCUT2D eigenvalue weighted by atomic mass is 35.6. The lowest BCUT2D eigenvalue weighted by molar-refractivity contribution is -0.115. The number of nitrogens with zero attached hydrogens (tertiary/aromatic N) is 2. The predicted molar refractivity (Wildman–Crippen MR) is 117 cm³/mol. The molecule has 0 fully saturated rings. The summed E-state index contributed by atoms with van der Waals surface area (Å²) in [5, 5.41) is 14.9. The van der Waals surface area contributed by atoms with Crippen molar-refractivity contribution in [3.63, 3.8) is 0 Å². The van der Waals surface area contributed by atoms with E-state index < -0.39 is 15.6 Å². The van der Waals surface area contributed by atoms with Crippen LogP contribution in [0.5, 0.6) is 0 Å². The molecule has 10 nitrogen and oxygen atoms in total. The summed E-state index contributed by atoms with van der Waals surface area (Å²) in [6.07, 6.45) is 3.30. The second-order valence-corrected chi connectivity index (χ2v) is 8.67. The number of hydrogen-bond donors (Lipinski definition) is 5. The average molecular weight is 477 g/mol. The van der Waals surface area contributed by atoms with E-state index >= 15 is 0 Å². The van der Waals surface area contributed by atoms with Gasteiger partial charge in [0, 0.05) is 39.5 Å². The van der Waals surface area contributed by atoms with Crippen molar-refractivity contribution in [2.75, 3.05) is 17.2 Å². The van der Waals surface area contributed by atoms with Crippen molar-refractivity contribution < 1.29 is 14.4 Å². The van der Waals surface area contributed by atoms with E-state index in [9.17, 15) is 14.4 Å². The van der Waals surface area contributed by atoms with Gasteiger partial charge in [0.25, 0.3) is 21.5 Å². The molecule has 162 valence electrons. The maximum absolute atomic E-state index is 12.6. The van der Waals surface area contributed by atoms with E-state index in [-0.39, 0.29) is 36.1 Å². The minimum Gasteiger partial charge on any atom is -0.388 e. The molecule has 2 aromatic heterocycles.